The van der Waals surface area contributed by atoms with Crippen LogP contribution < -0.4 is 5.73 Å². The summed E-state index contributed by atoms with van der Waals surface area (Å²) in [5.41, 5.74) is 7.36. The summed E-state index contributed by atoms with van der Waals surface area (Å²) in [6, 6.07) is 4.93. The molecule has 1 atom stereocenters. The van der Waals surface area contributed by atoms with Crippen molar-refractivity contribution in [3.05, 3.63) is 29.3 Å². The van der Waals surface area contributed by atoms with E-state index in [0.29, 0.717) is 17.7 Å². The number of nitrogens with zero attached hydrogens (tertiary/aromatic N) is 5. The van der Waals surface area contributed by atoms with E-state index in [0.717, 1.165) is 55.2 Å². The Labute approximate surface area is 192 Å². The van der Waals surface area contributed by atoms with Crippen LogP contribution in [-0.4, -0.2) is 95.0 Å². The number of benzene rings is 1. The Balaban J connectivity index is 1.59. The maximum Gasteiger partial charge on any atom is 0.349 e. The van der Waals surface area contributed by atoms with Crippen molar-refractivity contribution >= 4 is 35.3 Å². The SMILES string of the molecule is CCCC(N1CCN(C)CC1)N1C(=O)CN(/N=C2\CCSc3ccc(C(N)=O)cc32)C1=O. The smallest absolute Gasteiger partial charge is 0.349 e. The standard InChI is InChI=1S/C22H30N6O3S/c1-3-4-19(26-10-8-25(2)9-11-26)28-20(29)14-27(22(28)31)24-17-7-12-32-18-6-5-15(21(23)30)13-16(17)18/h5-6,13,19H,3-4,7-12,14H2,1-2H3,(H2,23,30)/b24-17+. The van der Waals surface area contributed by atoms with Gasteiger partial charge in [-0.15, -0.1) is 11.8 Å². The Morgan fingerprint density at radius 2 is 1.97 bits per heavy atom. The van der Waals surface area contributed by atoms with Gasteiger partial charge in [-0.2, -0.15) is 5.10 Å². The second-order valence-electron chi connectivity index (χ2n) is 8.43. The molecule has 1 unspecified atom stereocenters. The molecule has 1 aromatic rings. The number of nitrogens with two attached hydrogens (primary N) is 1. The third kappa shape index (κ3) is 4.53. The lowest BCUT2D eigenvalue weighted by Crippen LogP contribution is -2.56. The monoisotopic (exact) mass is 458 g/mol. The van der Waals surface area contributed by atoms with Gasteiger partial charge in [-0.3, -0.25) is 14.5 Å². The van der Waals surface area contributed by atoms with E-state index in [1.165, 1.54) is 9.91 Å². The average molecular weight is 459 g/mol. The normalized spacial score (nSPS) is 22.5. The molecular formula is C22H30N6O3S. The highest BCUT2D eigenvalue weighted by atomic mass is 32.2. The van der Waals surface area contributed by atoms with Crippen molar-refractivity contribution in [2.75, 3.05) is 45.5 Å². The van der Waals surface area contributed by atoms with Crippen molar-refractivity contribution in [3.8, 4) is 0 Å². The quantitative estimate of drug-likeness (QED) is 0.650. The molecule has 2 fully saturated rings. The van der Waals surface area contributed by atoms with E-state index >= 15 is 0 Å². The first-order chi connectivity index (χ1) is 15.4. The number of piperazine rings is 1. The van der Waals surface area contributed by atoms with Crippen LogP contribution in [0.1, 0.15) is 42.1 Å². The lowest BCUT2D eigenvalue weighted by atomic mass is 10.0. The van der Waals surface area contributed by atoms with Gasteiger partial charge in [0.05, 0.1) is 11.9 Å². The van der Waals surface area contributed by atoms with Gasteiger partial charge in [0, 0.05) is 54.4 Å². The molecule has 0 aromatic heterocycles. The van der Waals surface area contributed by atoms with Crippen molar-refractivity contribution in [1.29, 1.82) is 0 Å². The molecule has 4 amide bonds. The zero-order chi connectivity index (χ0) is 22.8. The maximum atomic E-state index is 13.3. The van der Waals surface area contributed by atoms with E-state index in [4.69, 9.17) is 5.73 Å². The molecule has 10 heteroatoms. The van der Waals surface area contributed by atoms with E-state index in [-0.39, 0.29) is 24.6 Å². The summed E-state index contributed by atoms with van der Waals surface area (Å²) in [6.45, 7) is 5.49. The summed E-state index contributed by atoms with van der Waals surface area (Å²) >= 11 is 1.68. The summed E-state index contributed by atoms with van der Waals surface area (Å²) < 4.78 is 0. The fourth-order valence-corrected chi connectivity index (χ4v) is 5.42. The van der Waals surface area contributed by atoms with E-state index in [1.807, 2.05) is 6.07 Å². The van der Waals surface area contributed by atoms with Gasteiger partial charge in [0.2, 0.25) is 5.91 Å². The minimum Gasteiger partial charge on any atom is -0.366 e. The van der Waals surface area contributed by atoms with Crippen LogP contribution in [0.15, 0.2) is 28.2 Å². The van der Waals surface area contributed by atoms with Gasteiger partial charge in [0.25, 0.3) is 5.91 Å². The van der Waals surface area contributed by atoms with Gasteiger partial charge in [-0.25, -0.2) is 14.7 Å². The van der Waals surface area contributed by atoms with Crippen LogP contribution in [0.25, 0.3) is 0 Å². The first kappa shape index (κ1) is 22.8. The molecule has 9 nitrogen and oxygen atoms in total. The number of imide groups is 1. The Morgan fingerprint density at radius 3 is 2.66 bits per heavy atom. The summed E-state index contributed by atoms with van der Waals surface area (Å²) in [5, 5.41) is 5.89. The van der Waals surface area contributed by atoms with Crippen molar-refractivity contribution in [3.63, 3.8) is 0 Å². The molecule has 1 aromatic carbocycles. The number of fused-ring (bicyclic) bond motifs is 1. The van der Waals surface area contributed by atoms with Crippen LogP contribution in [0, 0.1) is 0 Å². The fourth-order valence-electron chi connectivity index (χ4n) is 4.40. The molecule has 0 saturated carbocycles. The largest absolute Gasteiger partial charge is 0.366 e. The second-order valence-corrected chi connectivity index (χ2v) is 9.57. The number of carbonyl (C=O) groups excluding carboxylic acids is 3. The van der Waals surface area contributed by atoms with Gasteiger partial charge >= 0.3 is 6.03 Å². The minimum absolute atomic E-state index is 0.0612. The molecule has 0 bridgehead atoms. The van der Waals surface area contributed by atoms with Crippen LogP contribution >= 0.6 is 11.8 Å². The average Bonchev–Trinajstić information content (AvgIpc) is 3.05. The first-order valence-electron chi connectivity index (χ1n) is 11.1. The topological polar surface area (TPSA) is 103 Å². The summed E-state index contributed by atoms with van der Waals surface area (Å²) in [6.07, 6.45) is 2.03. The summed E-state index contributed by atoms with van der Waals surface area (Å²) in [4.78, 5) is 44.8. The predicted molar refractivity (Wildman–Crippen MR) is 124 cm³/mol. The Bertz CT molecular complexity index is 944. The van der Waals surface area contributed by atoms with Crippen molar-refractivity contribution < 1.29 is 14.4 Å². The molecule has 2 saturated heterocycles. The number of hydrogen-bond acceptors (Lipinski definition) is 7. The molecule has 172 valence electrons. The highest BCUT2D eigenvalue weighted by Crippen LogP contribution is 2.32. The lowest BCUT2D eigenvalue weighted by Gasteiger charge is -2.40. The Morgan fingerprint density at radius 1 is 1.22 bits per heavy atom. The predicted octanol–water partition coefficient (Wildman–Crippen LogP) is 1.62. The molecule has 0 aliphatic carbocycles. The van der Waals surface area contributed by atoms with Crippen molar-refractivity contribution in [2.24, 2.45) is 10.8 Å². The third-order valence-electron chi connectivity index (χ3n) is 6.20. The van der Waals surface area contributed by atoms with Crippen molar-refractivity contribution in [1.82, 2.24) is 19.7 Å². The van der Waals surface area contributed by atoms with Gasteiger partial charge in [-0.1, -0.05) is 13.3 Å². The van der Waals surface area contributed by atoms with Crippen LogP contribution in [0.3, 0.4) is 0 Å². The van der Waals surface area contributed by atoms with Crippen molar-refractivity contribution in [2.45, 2.75) is 37.2 Å². The molecule has 3 aliphatic heterocycles. The highest BCUT2D eigenvalue weighted by Gasteiger charge is 2.43. The molecule has 2 N–H and O–H groups in total. The number of amides is 4. The minimum atomic E-state index is -0.504. The van der Waals surface area contributed by atoms with Gasteiger partial charge in [0.15, 0.2) is 0 Å². The highest BCUT2D eigenvalue weighted by molar-refractivity contribution is 7.99. The molecular weight excluding hydrogens is 428 g/mol. The number of primary amides is 1. The third-order valence-corrected chi connectivity index (χ3v) is 7.27. The molecule has 3 aliphatic rings. The number of likely N-dealkylation sites (N-methyl/N-ethyl adjacent to an activating group) is 1. The van der Waals surface area contributed by atoms with Gasteiger partial charge in [0.1, 0.15) is 6.54 Å². The van der Waals surface area contributed by atoms with Gasteiger partial charge in [-0.05, 0) is 31.7 Å². The molecule has 32 heavy (non-hydrogen) atoms. The first-order valence-corrected chi connectivity index (χ1v) is 12.1. The van der Waals surface area contributed by atoms with Crippen LogP contribution in [0.5, 0.6) is 0 Å². The Kier molecular flexibility index (Phi) is 6.82. The van der Waals surface area contributed by atoms with E-state index in [2.05, 4.69) is 28.9 Å². The maximum absolute atomic E-state index is 13.3. The molecule has 0 spiro atoms. The van der Waals surface area contributed by atoms with Gasteiger partial charge < -0.3 is 10.6 Å². The summed E-state index contributed by atoms with van der Waals surface area (Å²) in [7, 11) is 2.08. The Hall–Kier alpha value is -2.43. The lowest BCUT2D eigenvalue weighted by molar-refractivity contribution is -0.130. The van der Waals surface area contributed by atoms with Crippen LogP contribution in [0.2, 0.25) is 0 Å². The zero-order valence-electron chi connectivity index (χ0n) is 18.6. The van der Waals surface area contributed by atoms with E-state index < -0.39 is 5.91 Å². The van der Waals surface area contributed by atoms with Crippen LogP contribution in [-0.2, 0) is 4.79 Å². The molecule has 4 rings (SSSR count). The van der Waals surface area contributed by atoms with E-state index in [9.17, 15) is 14.4 Å². The fraction of sp³-hybridized carbons (Fsp3) is 0.545. The number of carbonyl (C=O) groups is 3. The number of hydrogen-bond donors (Lipinski definition) is 1. The number of hydrazone groups is 1. The van der Waals surface area contributed by atoms with Crippen LogP contribution in [0.4, 0.5) is 4.79 Å². The number of urea groups is 1. The molecule has 3 heterocycles. The molecule has 0 radical (unpaired) electrons. The number of thioether (sulfide) groups is 1. The van der Waals surface area contributed by atoms with E-state index in [1.54, 1.807) is 23.9 Å². The second kappa shape index (κ2) is 9.60. The number of rotatable bonds is 6. The summed E-state index contributed by atoms with van der Waals surface area (Å²) in [5.74, 6) is 0.102. The zero-order valence-corrected chi connectivity index (χ0v) is 19.4.